The van der Waals surface area contributed by atoms with Gasteiger partial charge < -0.3 is 4.90 Å². The summed E-state index contributed by atoms with van der Waals surface area (Å²) in [4.78, 5) is 2.46. The summed E-state index contributed by atoms with van der Waals surface area (Å²) in [5, 5.41) is 17.7. The molecule has 0 saturated heterocycles. The Morgan fingerprint density at radius 2 is 1.26 bits per heavy atom. The van der Waals surface area contributed by atoms with Crippen LogP contribution in [0.4, 0.5) is 11.4 Å². The first-order valence-electron chi connectivity index (χ1n) is 16.5. The van der Waals surface area contributed by atoms with Gasteiger partial charge in [0.2, 0.25) is 0 Å². The molecule has 9 rings (SSSR count). The third-order valence-corrected chi connectivity index (χ3v) is 10.1. The molecule has 0 amide bonds. The minimum atomic E-state index is -0.0662. The Morgan fingerprint density at radius 1 is 0.574 bits per heavy atom. The van der Waals surface area contributed by atoms with Crippen molar-refractivity contribution in [2.45, 2.75) is 18.8 Å². The van der Waals surface area contributed by atoms with Crippen molar-refractivity contribution in [2.75, 3.05) is 11.4 Å². The Morgan fingerprint density at radius 3 is 2.09 bits per heavy atom. The second-order valence-electron chi connectivity index (χ2n) is 12.7. The molecule has 1 heterocycles. The minimum absolute atomic E-state index is 0.0662. The number of aryl methyl sites for hydroxylation is 1. The lowest BCUT2D eigenvalue weighted by molar-refractivity contribution is 0.767. The van der Waals surface area contributed by atoms with Crippen LogP contribution in [0.25, 0.3) is 43.4 Å². The molecule has 0 N–H and O–H groups in total. The van der Waals surface area contributed by atoms with Crippen molar-refractivity contribution in [1.82, 2.24) is 0 Å². The van der Waals surface area contributed by atoms with Crippen LogP contribution in [0.3, 0.4) is 0 Å². The van der Waals surface area contributed by atoms with Crippen LogP contribution in [-0.2, 0) is 6.42 Å². The van der Waals surface area contributed by atoms with Gasteiger partial charge in [-0.05, 0) is 103 Å². The van der Waals surface area contributed by atoms with E-state index in [2.05, 4.69) is 144 Å². The number of nitriles is 1. The van der Waals surface area contributed by atoms with Crippen molar-refractivity contribution in [3.05, 3.63) is 179 Å². The molecule has 0 fully saturated rings. The van der Waals surface area contributed by atoms with Crippen LogP contribution in [0, 0.1) is 11.3 Å². The van der Waals surface area contributed by atoms with Crippen molar-refractivity contribution in [1.29, 1.82) is 5.26 Å². The topological polar surface area (TPSA) is 27.0 Å². The third kappa shape index (κ3) is 4.47. The fourth-order valence-electron chi connectivity index (χ4n) is 7.97. The van der Waals surface area contributed by atoms with Gasteiger partial charge in [-0.3, -0.25) is 0 Å². The highest BCUT2D eigenvalue weighted by atomic mass is 15.1. The molecule has 1 unspecified atom stereocenters. The molecular formula is C45H32N2. The molecule has 0 radical (unpaired) electrons. The number of hydrogen-bond donors (Lipinski definition) is 0. The second kappa shape index (κ2) is 11.2. The van der Waals surface area contributed by atoms with Gasteiger partial charge >= 0.3 is 0 Å². The molecule has 222 valence electrons. The number of para-hydroxylation sites is 1. The molecule has 8 aromatic rings. The van der Waals surface area contributed by atoms with E-state index >= 15 is 0 Å². The quantitative estimate of drug-likeness (QED) is 0.145. The van der Waals surface area contributed by atoms with Gasteiger partial charge in [0, 0.05) is 23.8 Å². The third-order valence-electron chi connectivity index (χ3n) is 10.1. The molecule has 0 saturated carbocycles. The van der Waals surface area contributed by atoms with Gasteiger partial charge in [0.05, 0.1) is 11.6 Å². The molecule has 1 atom stereocenters. The molecule has 1 aliphatic heterocycles. The molecule has 0 aliphatic carbocycles. The summed E-state index contributed by atoms with van der Waals surface area (Å²) >= 11 is 0. The van der Waals surface area contributed by atoms with Gasteiger partial charge in [-0.15, -0.1) is 0 Å². The number of benzene rings is 8. The van der Waals surface area contributed by atoms with Crippen LogP contribution in [0.5, 0.6) is 0 Å². The lowest BCUT2D eigenvalue weighted by atomic mass is 9.79. The van der Waals surface area contributed by atoms with Crippen LogP contribution in [-0.4, -0.2) is 6.54 Å². The van der Waals surface area contributed by atoms with E-state index in [0.29, 0.717) is 5.56 Å². The summed E-state index contributed by atoms with van der Waals surface area (Å²) in [5.74, 6) is -0.0662. The molecule has 0 bridgehead atoms. The van der Waals surface area contributed by atoms with E-state index in [4.69, 9.17) is 0 Å². The predicted molar refractivity (Wildman–Crippen MR) is 196 cm³/mol. The first kappa shape index (κ1) is 27.4. The van der Waals surface area contributed by atoms with Crippen molar-refractivity contribution in [3.63, 3.8) is 0 Å². The van der Waals surface area contributed by atoms with E-state index in [1.807, 2.05) is 18.2 Å². The first-order valence-corrected chi connectivity index (χ1v) is 16.5. The summed E-state index contributed by atoms with van der Waals surface area (Å²) in [6, 6.07) is 57.3. The SMILES string of the molecule is N#Cc1ccccc1C(c1ccccc1)c1ccc2ccc3c(-c4ccc(N5CCCc6ccccc65)cc4)ccc4ccc1c2c43. The van der Waals surface area contributed by atoms with E-state index in [-0.39, 0.29) is 5.92 Å². The van der Waals surface area contributed by atoms with Crippen LogP contribution in [0.1, 0.15) is 40.2 Å². The average molecular weight is 601 g/mol. The van der Waals surface area contributed by atoms with Gasteiger partial charge in [-0.2, -0.15) is 5.26 Å². The Bertz CT molecular complexity index is 2450. The molecule has 47 heavy (non-hydrogen) atoms. The number of rotatable bonds is 5. The maximum absolute atomic E-state index is 10.1. The Hall–Kier alpha value is -5.91. The zero-order chi connectivity index (χ0) is 31.3. The van der Waals surface area contributed by atoms with Crippen molar-refractivity contribution in [2.24, 2.45) is 0 Å². The van der Waals surface area contributed by atoms with Crippen LogP contribution in [0.2, 0.25) is 0 Å². The molecule has 8 aromatic carbocycles. The molecule has 2 heteroatoms. The van der Waals surface area contributed by atoms with Gasteiger partial charge in [-0.1, -0.05) is 127 Å². The standard InChI is InChI=1S/C45H32N2/c46-29-35-12-4-6-14-38(35)43(32-10-2-1-3-11-32)40-26-20-34-19-25-39-37(24-18-33-21-27-41(40)45(34)44(33)39)30-16-22-36(23-17-30)47-28-8-13-31-9-5-7-15-42(31)47/h1-7,9-12,14-27,43H,8,13,28H2. The highest BCUT2D eigenvalue weighted by Crippen LogP contribution is 2.44. The number of fused-ring (bicyclic) bond motifs is 1. The van der Waals surface area contributed by atoms with Gasteiger partial charge in [0.25, 0.3) is 0 Å². The van der Waals surface area contributed by atoms with E-state index < -0.39 is 0 Å². The maximum Gasteiger partial charge on any atom is 0.0994 e. The first-order chi connectivity index (χ1) is 23.3. The summed E-state index contributed by atoms with van der Waals surface area (Å²) in [6.45, 7) is 1.04. The molecule has 2 nitrogen and oxygen atoms in total. The smallest absolute Gasteiger partial charge is 0.0994 e. The molecule has 1 aliphatic rings. The van der Waals surface area contributed by atoms with E-state index in [0.717, 1.165) is 18.5 Å². The second-order valence-corrected chi connectivity index (χ2v) is 12.7. The van der Waals surface area contributed by atoms with Crippen LogP contribution >= 0.6 is 0 Å². The summed E-state index contributed by atoms with van der Waals surface area (Å²) in [5.41, 5.74) is 10.6. The van der Waals surface area contributed by atoms with E-state index in [1.54, 1.807) is 0 Å². The Balaban J connectivity index is 1.21. The number of hydrogen-bond acceptors (Lipinski definition) is 2. The maximum atomic E-state index is 10.1. The predicted octanol–water partition coefficient (Wildman–Crippen LogP) is 11.4. The average Bonchev–Trinajstić information content (AvgIpc) is 3.15. The van der Waals surface area contributed by atoms with Gasteiger partial charge in [0.15, 0.2) is 0 Å². The van der Waals surface area contributed by atoms with Crippen molar-refractivity contribution >= 4 is 43.7 Å². The monoisotopic (exact) mass is 600 g/mol. The largest absolute Gasteiger partial charge is 0.341 e. The zero-order valence-corrected chi connectivity index (χ0v) is 26.0. The zero-order valence-electron chi connectivity index (χ0n) is 26.0. The number of anilines is 2. The Labute approximate surface area is 275 Å². The summed E-state index contributed by atoms with van der Waals surface area (Å²) in [6.07, 6.45) is 2.31. The normalized spacial score (nSPS) is 13.6. The Kier molecular flexibility index (Phi) is 6.51. The highest BCUT2D eigenvalue weighted by molar-refractivity contribution is 6.26. The lowest BCUT2D eigenvalue weighted by Gasteiger charge is -2.31. The minimum Gasteiger partial charge on any atom is -0.341 e. The fraction of sp³-hybridized carbons (Fsp3) is 0.0889. The van der Waals surface area contributed by atoms with Crippen LogP contribution < -0.4 is 4.90 Å². The van der Waals surface area contributed by atoms with Gasteiger partial charge in [-0.25, -0.2) is 0 Å². The molecule has 0 aromatic heterocycles. The number of nitrogens with zero attached hydrogens (tertiary/aromatic N) is 2. The summed E-state index contributed by atoms with van der Waals surface area (Å²) in [7, 11) is 0. The fourth-order valence-corrected chi connectivity index (χ4v) is 7.97. The highest BCUT2D eigenvalue weighted by Gasteiger charge is 2.24. The van der Waals surface area contributed by atoms with Crippen molar-refractivity contribution in [3.8, 4) is 17.2 Å². The molecular weight excluding hydrogens is 569 g/mol. The lowest BCUT2D eigenvalue weighted by Crippen LogP contribution is -2.24. The van der Waals surface area contributed by atoms with Crippen LogP contribution in [0.15, 0.2) is 152 Å². The van der Waals surface area contributed by atoms with Crippen molar-refractivity contribution < 1.29 is 0 Å². The van der Waals surface area contributed by atoms with E-state index in [1.165, 1.54) is 77.9 Å². The van der Waals surface area contributed by atoms with E-state index in [9.17, 15) is 5.26 Å². The molecule has 0 spiro atoms. The van der Waals surface area contributed by atoms with Gasteiger partial charge in [0.1, 0.15) is 0 Å². The summed E-state index contributed by atoms with van der Waals surface area (Å²) < 4.78 is 0.